The molecule has 3 unspecified atom stereocenters. The van der Waals surface area contributed by atoms with Gasteiger partial charge in [0.2, 0.25) is 0 Å². The third-order valence-corrected chi connectivity index (χ3v) is 9.31. The van der Waals surface area contributed by atoms with E-state index >= 15 is 0 Å². The molecule has 1 aromatic heterocycles. The van der Waals surface area contributed by atoms with Gasteiger partial charge in [-0.15, -0.1) is 0 Å². The lowest BCUT2D eigenvalue weighted by Crippen LogP contribution is -2.50. The quantitative estimate of drug-likeness (QED) is 0.313. The number of fused-ring (bicyclic) bond motifs is 2. The molecule has 3 atom stereocenters. The van der Waals surface area contributed by atoms with Gasteiger partial charge in [-0.2, -0.15) is 0 Å². The Bertz CT molecular complexity index is 1460. The van der Waals surface area contributed by atoms with Gasteiger partial charge in [-0.3, -0.25) is 0 Å². The summed E-state index contributed by atoms with van der Waals surface area (Å²) in [6.07, 6.45) is 5.35. The minimum Gasteiger partial charge on any atom is -0.467 e. The molecule has 0 amide bonds. The van der Waals surface area contributed by atoms with Gasteiger partial charge in [0.05, 0.1) is 29.7 Å². The van der Waals surface area contributed by atoms with E-state index in [0.29, 0.717) is 30.4 Å². The number of nitrogens with one attached hydrogen (secondary N) is 2. The van der Waals surface area contributed by atoms with Gasteiger partial charge in [0, 0.05) is 34.5 Å². The van der Waals surface area contributed by atoms with Crippen molar-refractivity contribution < 1.29 is 18.6 Å². The summed E-state index contributed by atoms with van der Waals surface area (Å²) in [6.45, 7) is 10.3. The van der Waals surface area contributed by atoms with Crippen LogP contribution in [0.3, 0.4) is 0 Å². The molecule has 0 saturated heterocycles. The van der Waals surface area contributed by atoms with Gasteiger partial charge in [0.1, 0.15) is 11.6 Å². The lowest BCUT2D eigenvalue weighted by atomic mass is 9.67. The maximum atomic E-state index is 14.4. The van der Waals surface area contributed by atoms with Gasteiger partial charge < -0.3 is 24.5 Å². The molecule has 3 aromatic rings. The first kappa shape index (κ1) is 25.7. The van der Waals surface area contributed by atoms with Crippen molar-refractivity contribution in [2.75, 3.05) is 13.4 Å². The first-order valence-electron chi connectivity index (χ1n) is 13.2. The molecule has 5 nitrogen and oxygen atoms in total. The van der Waals surface area contributed by atoms with Crippen molar-refractivity contribution >= 4 is 26.8 Å². The first-order valence-corrected chi connectivity index (χ1v) is 14.0. The Kier molecular flexibility index (Phi) is 6.44. The van der Waals surface area contributed by atoms with Crippen molar-refractivity contribution in [3.05, 3.63) is 88.0 Å². The molecule has 1 aliphatic carbocycles. The average Bonchev–Trinajstić information content (AvgIpc) is 3.34. The molecule has 2 N–H and O–H groups in total. The van der Waals surface area contributed by atoms with Gasteiger partial charge in [0.15, 0.2) is 6.79 Å². The van der Waals surface area contributed by atoms with Crippen molar-refractivity contribution in [2.24, 2.45) is 11.8 Å². The van der Waals surface area contributed by atoms with E-state index < -0.39 is 4.32 Å². The van der Waals surface area contributed by atoms with Crippen LogP contribution in [0.5, 0.6) is 5.75 Å². The van der Waals surface area contributed by atoms with E-state index in [1.54, 1.807) is 0 Å². The summed E-state index contributed by atoms with van der Waals surface area (Å²) in [7, 11) is 0. The minimum absolute atomic E-state index is 0.00454. The van der Waals surface area contributed by atoms with Crippen LogP contribution in [-0.4, -0.2) is 23.9 Å². The number of H-pyrrole nitrogens is 1. The fourth-order valence-electron chi connectivity index (χ4n) is 6.67. The second-order valence-corrected chi connectivity index (χ2v) is 12.8. The highest BCUT2D eigenvalue weighted by Crippen LogP contribution is 2.54. The summed E-state index contributed by atoms with van der Waals surface area (Å²) in [5.41, 5.74) is 7.55. The molecule has 38 heavy (non-hydrogen) atoms. The van der Waals surface area contributed by atoms with E-state index in [1.807, 2.05) is 6.20 Å². The molecule has 2 aliphatic heterocycles. The molecular weight excluding hydrogens is 547 g/mol. The van der Waals surface area contributed by atoms with E-state index in [2.05, 4.69) is 84.3 Å². The number of rotatable bonds is 5. The third kappa shape index (κ3) is 4.38. The standard InChI is InChI=1S/C31H34BrFN2O3/c1-18-12-30(3,4)35-27-19(2)13-31(32,24-7-5-6-20-8-9-34-28(20)24)25(26(18)27)16-36-14-21-10-23(33)11-22-15-37-17-38-29(21)22/h5-11,13,18,25,34-35H,12,14-17H2,1-4H3. The van der Waals surface area contributed by atoms with Crippen LogP contribution in [0.1, 0.15) is 50.8 Å². The monoisotopic (exact) mass is 580 g/mol. The summed E-state index contributed by atoms with van der Waals surface area (Å²) < 4.78 is 31.4. The van der Waals surface area contributed by atoms with E-state index in [0.717, 1.165) is 17.5 Å². The number of aromatic nitrogens is 1. The predicted octanol–water partition coefficient (Wildman–Crippen LogP) is 7.22. The Labute approximate surface area is 231 Å². The van der Waals surface area contributed by atoms with Gasteiger partial charge in [-0.25, -0.2) is 4.39 Å². The minimum atomic E-state index is -0.483. The Morgan fingerprint density at radius 1 is 1.21 bits per heavy atom. The van der Waals surface area contributed by atoms with Gasteiger partial charge >= 0.3 is 0 Å². The van der Waals surface area contributed by atoms with Crippen LogP contribution in [0.15, 0.2) is 65.5 Å². The van der Waals surface area contributed by atoms with E-state index in [1.165, 1.54) is 39.9 Å². The number of ether oxygens (including phenoxy) is 3. The van der Waals surface area contributed by atoms with E-state index in [-0.39, 0.29) is 30.7 Å². The molecule has 3 aliphatic rings. The van der Waals surface area contributed by atoms with Crippen LogP contribution in [0.4, 0.5) is 4.39 Å². The number of para-hydroxylation sites is 1. The SMILES string of the molecule is CC1=CC(Br)(c2cccc3cc[nH]c23)C(COCc2cc(F)cc3c2OCOC3)C2=C1NC(C)(C)CC2C. The lowest BCUT2D eigenvalue weighted by molar-refractivity contribution is -0.0190. The van der Waals surface area contributed by atoms with Crippen molar-refractivity contribution in [3.8, 4) is 5.75 Å². The number of alkyl halides is 1. The molecule has 0 radical (unpaired) electrons. The highest BCUT2D eigenvalue weighted by Gasteiger charge is 2.48. The fourth-order valence-corrected chi connectivity index (χ4v) is 7.73. The average molecular weight is 582 g/mol. The van der Waals surface area contributed by atoms with Gasteiger partial charge in [0.25, 0.3) is 0 Å². The van der Waals surface area contributed by atoms with Crippen LogP contribution < -0.4 is 10.1 Å². The predicted molar refractivity (Wildman–Crippen MR) is 151 cm³/mol. The fraction of sp³-hybridized carbons (Fsp3) is 0.419. The van der Waals surface area contributed by atoms with Crippen LogP contribution in [-0.2, 0) is 27.0 Å². The summed E-state index contributed by atoms with van der Waals surface area (Å²) in [4.78, 5) is 3.46. The number of benzene rings is 2. The van der Waals surface area contributed by atoms with Crippen LogP contribution in [0.25, 0.3) is 10.9 Å². The normalized spacial score (nSPS) is 26.3. The number of hydrogen-bond acceptors (Lipinski definition) is 4. The molecule has 0 spiro atoms. The maximum Gasteiger partial charge on any atom is 0.189 e. The zero-order chi connectivity index (χ0) is 26.7. The van der Waals surface area contributed by atoms with Gasteiger partial charge in [-0.1, -0.05) is 47.1 Å². The number of allylic oxidation sites excluding steroid dienone is 2. The zero-order valence-electron chi connectivity index (χ0n) is 22.3. The number of halogens is 2. The van der Waals surface area contributed by atoms with Crippen LogP contribution >= 0.6 is 15.9 Å². The van der Waals surface area contributed by atoms with Gasteiger partial charge in [-0.05, 0) is 73.4 Å². The van der Waals surface area contributed by atoms with Crippen LogP contribution in [0, 0.1) is 17.7 Å². The Hall–Kier alpha value is -2.61. The molecule has 200 valence electrons. The summed E-state index contributed by atoms with van der Waals surface area (Å²) >= 11 is 4.25. The Balaban J connectivity index is 1.39. The third-order valence-electron chi connectivity index (χ3n) is 8.10. The Morgan fingerprint density at radius 2 is 2.05 bits per heavy atom. The van der Waals surface area contributed by atoms with E-state index in [4.69, 9.17) is 14.2 Å². The largest absolute Gasteiger partial charge is 0.467 e. The van der Waals surface area contributed by atoms with Crippen molar-refractivity contribution in [2.45, 2.75) is 57.2 Å². The number of aromatic amines is 1. The molecule has 0 bridgehead atoms. The maximum absolute atomic E-state index is 14.4. The molecule has 3 heterocycles. The second kappa shape index (κ2) is 9.54. The van der Waals surface area contributed by atoms with Crippen molar-refractivity contribution in [1.29, 1.82) is 0 Å². The first-order chi connectivity index (χ1) is 18.2. The summed E-state index contributed by atoms with van der Waals surface area (Å²) in [5, 5.41) is 5.00. The zero-order valence-corrected chi connectivity index (χ0v) is 23.9. The van der Waals surface area contributed by atoms with Crippen molar-refractivity contribution in [1.82, 2.24) is 10.3 Å². The Morgan fingerprint density at radius 3 is 2.89 bits per heavy atom. The highest BCUT2D eigenvalue weighted by molar-refractivity contribution is 9.09. The summed E-state index contributed by atoms with van der Waals surface area (Å²) in [6, 6.07) is 11.5. The number of hydrogen-bond donors (Lipinski definition) is 2. The molecule has 7 heteroatoms. The molecule has 0 fully saturated rings. The lowest BCUT2D eigenvalue weighted by Gasteiger charge is -2.48. The molecular formula is C31H34BrFN2O3. The smallest absolute Gasteiger partial charge is 0.189 e. The highest BCUT2D eigenvalue weighted by atomic mass is 79.9. The summed E-state index contributed by atoms with van der Waals surface area (Å²) in [5.74, 6) is 0.744. The second-order valence-electron chi connectivity index (χ2n) is 11.5. The molecule has 0 saturated carbocycles. The topological polar surface area (TPSA) is 55.5 Å². The van der Waals surface area contributed by atoms with E-state index in [9.17, 15) is 4.39 Å². The molecule has 2 aromatic carbocycles. The van der Waals surface area contributed by atoms with Crippen LogP contribution in [0.2, 0.25) is 0 Å². The molecule has 6 rings (SSSR count). The van der Waals surface area contributed by atoms with Crippen molar-refractivity contribution in [3.63, 3.8) is 0 Å².